The van der Waals surface area contributed by atoms with Gasteiger partial charge in [0.2, 0.25) is 0 Å². The van der Waals surface area contributed by atoms with Crippen molar-refractivity contribution >= 4 is 18.2 Å². The number of ketones is 1. The lowest BCUT2D eigenvalue weighted by Crippen LogP contribution is -2.35. The van der Waals surface area contributed by atoms with Gasteiger partial charge in [-0.2, -0.15) is 0 Å². The summed E-state index contributed by atoms with van der Waals surface area (Å²) in [5.41, 5.74) is 0.817. The molecule has 0 saturated heterocycles. The van der Waals surface area contributed by atoms with Crippen molar-refractivity contribution in [3.8, 4) is 0 Å². The van der Waals surface area contributed by atoms with Gasteiger partial charge in [0.25, 0.3) is 0 Å². The quantitative estimate of drug-likeness (QED) is 0.726. The third kappa shape index (κ3) is 4.88. The summed E-state index contributed by atoms with van der Waals surface area (Å²) in [5.74, 6) is 0.235. The Morgan fingerprint density at radius 2 is 1.82 bits per heavy atom. The number of Topliss-reactive ketones (excluding diaryl/α,β-unsaturated/α-hetero) is 1. The summed E-state index contributed by atoms with van der Waals surface area (Å²) in [4.78, 5) is 14.3. The summed E-state index contributed by atoms with van der Waals surface area (Å²) in [6, 6.07) is 9.57. The molecule has 0 spiro atoms. The van der Waals surface area contributed by atoms with E-state index in [1.807, 2.05) is 49.3 Å². The molecule has 1 aromatic rings. The molecule has 2 nitrogen and oxygen atoms in total. The average molecular weight is 256 g/mol. The van der Waals surface area contributed by atoms with Crippen LogP contribution in [0.5, 0.6) is 0 Å². The van der Waals surface area contributed by atoms with E-state index < -0.39 is 0 Å². The first kappa shape index (κ1) is 16.1. The van der Waals surface area contributed by atoms with Crippen LogP contribution in [-0.4, -0.2) is 30.8 Å². The Morgan fingerprint density at radius 1 is 1.24 bits per heavy atom. The fraction of sp³-hybridized carbons (Fsp3) is 0.500. The summed E-state index contributed by atoms with van der Waals surface area (Å²) < 4.78 is 0. The number of halogens is 1. The third-order valence-electron chi connectivity index (χ3n) is 2.82. The third-order valence-corrected chi connectivity index (χ3v) is 2.82. The molecule has 1 aromatic carbocycles. The molecule has 1 rings (SSSR count). The number of carbonyl (C=O) groups excluding carboxylic acids is 1. The van der Waals surface area contributed by atoms with Crippen LogP contribution < -0.4 is 0 Å². The van der Waals surface area contributed by atoms with Crippen LogP contribution in [-0.2, 0) is 0 Å². The molecule has 96 valence electrons. The number of rotatable bonds is 6. The van der Waals surface area contributed by atoms with Gasteiger partial charge in [0, 0.05) is 5.56 Å². The first-order valence-electron chi connectivity index (χ1n) is 5.92. The van der Waals surface area contributed by atoms with E-state index in [0.29, 0.717) is 0 Å². The van der Waals surface area contributed by atoms with E-state index in [1.54, 1.807) is 0 Å². The summed E-state index contributed by atoms with van der Waals surface area (Å²) in [5, 5.41) is 0. The zero-order chi connectivity index (χ0) is 12.0. The molecule has 17 heavy (non-hydrogen) atoms. The van der Waals surface area contributed by atoms with E-state index >= 15 is 0 Å². The van der Waals surface area contributed by atoms with Gasteiger partial charge in [-0.3, -0.25) is 9.69 Å². The Hall–Kier alpha value is -0.860. The second kappa shape index (κ2) is 8.26. The number of benzene rings is 1. The lowest BCUT2D eigenvalue weighted by Gasteiger charge is -2.22. The summed E-state index contributed by atoms with van der Waals surface area (Å²) >= 11 is 0. The van der Waals surface area contributed by atoms with E-state index in [0.717, 1.165) is 24.8 Å². The zero-order valence-corrected chi connectivity index (χ0v) is 11.7. The number of hydrogen-bond acceptors (Lipinski definition) is 2. The largest absolute Gasteiger partial charge is 0.299 e. The van der Waals surface area contributed by atoms with E-state index in [4.69, 9.17) is 0 Å². The molecule has 0 aliphatic heterocycles. The van der Waals surface area contributed by atoms with Gasteiger partial charge in [0.1, 0.15) is 0 Å². The fourth-order valence-electron chi connectivity index (χ4n) is 1.82. The van der Waals surface area contributed by atoms with Crippen LogP contribution >= 0.6 is 12.4 Å². The molecule has 0 heterocycles. The molecule has 3 heteroatoms. The van der Waals surface area contributed by atoms with Crippen molar-refractivity contribution in [1.29, 1.82) is 0 Å². The maximum atomic E-state index is 12.3. The second-order valence-corrected chi connectivity index (χ2v) is 4.35. The molecule has 0 aliphatic carbocycles. The van der Waals surface area contributed by atoms with Gasteiger partial charge >= 0.3 is 0 Å². The van der Waals surface area contributed by atoms with Crippen molar-refractivity contribution in [3.05, 3.63) is 35.9 Å². The number of unbranched alkanes of at least 4 members (excludes halogenated alkanes) is 1. The number of carbonyl (C=O) groups is 1. The molecule has 1 atom stereocenters. The Morgan fingerprint density at radius 3 is 2.29 bits per heavy atom. The van der Waals surface area contributed by atoms with Crippen LogP contribution in [0.3, 0.4) is 0 Å². The lowest BCUT2D eigenvalue weighted by atomic mass is 9.99. The van der Waals surface area contributed by atoms with Gasteiger partial charge in [0.15, 0.2) is 5.78 Å². The highest BCUT2D eigenvalue weighted by atomic mass is 35.5. The van der Waals surface area contributed by atoms with Crippen LogP contribution in [0.2, 0.25) is 0 Å². The van der Waals surface area contributed by atoms with Crippen molar-refractivity contribution in [2.24, 2.45) is 0 Å². The Kier molecular flexibility index (Phi) is 7.85. The van der Waals surface area contributed by atoms with Crippen molar-refractivity contribution in [2.45, 2.75) is 32.2 Å². The smallest absolute Gasteiger partial charge is 0.179 e. The first-order valence-corrected chi connectivity index (χ1v) is 5.92. The normalized spacial score (nSPS) is 12.0. The maximum absolute atomic E-state index is 12.3. The van der Waals surface area contributed by atoms with Crippen molar-refractivity contribution in [1.82, 2.24) is 4.90 Å². The van der Waals surface area contributed by atoms with Crippen LogP contribution in [0.15, 0.2) is 30.3 Å². The van der Waals surface area contributed by atoms with Gasteiger partial charge in [-0.25, -0.2) is 0 Å². The monoisotopic (exact) mass is 255 g/mol. The fourth-order valence-corrected chi connectivity index (χ4v) is 1.82. The van der Waals surface area contributed by atoms with E-state index in [2.05, 4.69) is 6.92 Å². The Balaban J connectivity index is 0.00000256. The highest BCUT2D eigenvalue weighted by Crippen LogP contribution is 2.12. The van der Waals surface area contributed by atoms with Gasteiger partial charge < -0.3 is 0 Å². The van der Waals surface area contributed by atoms with E-state index in [9.17, 15) is 4.79 Å². The molecule has 0 bridgehead atoms. The molecule has 0 aromatic heterocycles. The summed E-state index contributed by atoms with van der Waals surface area (Å²) in [6.07, 6.45) is 3.17. The number of likely N-dealkylation sites (N-methyl/N-ethyl adjacent to an activating group) is 1. The lowest BCUT2D eigenvalue weighted by molar-refractivity contribution is 0.0864. The van der Waals surface area contributed by atoms with E-state index in [-0.39, 0.29) is 24.2 Å². The Labute approximate surface area is 110 Å². The standard InChI is InChI=1S/C14H21NO.ClH/c1-4-5-11-13(15(2)3)14(16)12-9-7-6-8-10-12;/h6-10,13H,4-5,11H2,1-3H3;1H. The predicted molar refractivity (Wildman–Crippen MR) is 75.0 cm³/mol. The number of nitrogens with zero attached hydrogens (tertiary/aromatic N) is 1. The van der Waals surface area contributed by atoms with Crippen LogP contribution in [0.1, 0.15) is 36.5 Å². The maximum Gasteiger partial charge on any atom is 0.179 e. The van der Waals surface area contributed by atoms with E-state index in [1.165, 1.54) is 0 Å². The zero-order valence-electron chi connectivity index (χ0n) is 10.8. The van der Waals surface area contributed by atoms with Gasteiger partial charge in [-0.05, 0) is 20.5 Å². The Bertz CT molecular complexity index is 324. The van der Waals surface area contributed by atoms with Crippen LogP contribution in [0.4, 0.5) is 0 Å². The molecular formula is C14H22ClNO. The highest BCUT2D eigenvalue weighted by Gasteiger charge is 2.20. The molecular weight excluding hydrogens is 234 g/mol. The molecule has 0 saturated carbocycles. The second-order valence-electron chi connectivity index (χ2n) is 4.35. The first-order chi connectivity index (χ1) is 7.66. The minimum absolute atomic E-state index is 0. The molecule has 1 unspecified atom stereocenters. The molecule has 0 N–H and O–H groups in total. The average Bonchev–Trinajstić information content (AvgIpc) is 2.30. The highest BCUT2D eigenvalue weighted by molar-refractivity contribution is 6.00. The van der Waals surface area contributed by atoms with Crippen molar-refractivity contribution < 1.29 is 4.79 Å². The minimum Gasteiger partial charge on any atom is -0.299 e. The molecule has 0 radical (unpaired) electrons. The van der Waals surface area contributed by atoms with Gasteiger partial charge in [-0.1, -0.05) is 50.1 Å². The summed E-state index contributed by atoms with van der Waals surface area (Å²) in [7, 11) is 3.95. The van der Waals surface area contributed by atoms with Crippen LogP contribution in [0, 0.1) is 0 Å². The molecule has 0 aliphatic rings. The molecule has 0 amide bonds. The predicted octanol–water partition coefficient (Wildman–Crippen LogP) is 3.41. The number of hydrogen-bond donors (Lipinski definition) is 0. The van der Waals surface area contributed by atoms with Crippen LogP contribution in [0.25, 0.3) is 0 Å². The van der Waals surface area contributed by atoms with Gasteiger partial charge in [-0.15, -0.1) is 12.4 Å². The SMILES string of the molecule is CCCCC(C(=O)c1ccccc1)N(C)C.Cl. The van der Waals surface area contributed by atoms with Gasteiger partial charge in [0.05, 0.1) is 6.04 Å². The van der Waals surface area contributed by atoms with Crippen molar-refractivity contribution in [2.75, 3.05) is 14.1 Å². The summed E-state index contributed by atoms with van der Waals surface area (Å²) in [6.45, 7) is 2.15. The minimum atomic E-state index is 0. The molecule has 0 fully saturated rings. The topological polar surface area (TPSA) is 20.3 Å². The van der Waals surface area contributed by atoms with Crippen molar-refractivity contribution in [3.63, 3.8) is 0 Å².